The van der Waals surface area contributed by atoms with Gasteiger partial charge in [-0.1, -0.05) is 0 Å². The average Bonchev–Trinajstić information content (AvgIpc) is 2.94. The quantitative estimate of drug-likeness (QED) is 0.513. The van der Waals surface area contributed by atoms with E-state index in [9.17, 15) is 9.59 Å². The number of rotatable bonds is 6. The van der Waals surface area contributed by atoms with Crippen LogP contribution in [0.5, 0.6) is 0 Å². The SMILES string of the molecule is NC(CCCNC(=O)C1CC1)C(=O)O. The molecule has 1 amide bonds. The normalized spacial score (nSPS) is 17.5. The molecule has 0 bridgehead atoms. The molecule has 0 aromatic rings. The zero-order chi connectivity index (χ0) is 10.6. The Labute approximate surface area is 82.7 Å². The molecule has 5 nitrogen and oxygen atoms in total. The second-order valence-corrected chi connectivity index (χ2v) is 3.65. The molecule has 1 saturated carbocycles. The van der Waals surface area contributed by atoms with Crippen molar-refractivity contribution in [3.8, 4) is 0 Å². The molecular weight excluding hydrogens is 184 g/mol. The van der Waals surface area contributed by atoms with Gasteiger partial charge in [0, 0.05) is 12.5 Å². The van der Waals surface area contributed by atoms with Gasteiger partial charge in [-0.2, -0.15) is 0 Å². The highest BCUT2D eigenvalue weighted by atomic mass is 16.4. The first-order valence-corrected chi connectivity index (χ1v) is 4.87. The zero-order valence-electron chi connectivity index (χ0n) is 8.03. The van der Waals surface area contributed by atoms with Crippen molar-refractivity contribution in [3.63, 3.8) is 0 Å². The minimum atomic E-state index is -0.987. The van der Waals surface area contributed by atoms with Gasteiger partial charge in [-0.25, -0.2) is 0 Å². The van der Waals surface area contributed by atoms with Gasteiger partial charge in [0.1, 0.15) is 6.04 Å². The number of nitrogens with one attached hydrogen (secondary N) is 1. The summed E-state index contributed by atoms with van der Waals surface area (Å²) >= 11 is 0. The molecule has 0 radical (unpaired) electrons. The maximum atomic E-state index is 11.1. The number of amides is 1. The van der Waals surface area contributed by atoms with Crippen LogP contribution in [-0.4, -0.2) is 29.6 Å². The van der Waals surface area contributed by atoms with Gasteiger partial charge in [-0.3, -0.25) is 9.59 Å². The Balaban J connectivity index is 1.98. The van der Waals surface area contributed by atoms with Crippen molar-refractivity contribution in [1.29, 1.82) is 0 Å². The van der Waals surface area contributed by atoms with E-state index in [1.807, 2.05) is 0 Å². The summed E-state index contributed by atoms with van der Waals surface area (Å²) in [5.41, 5.74) is 5.29. The van der Waals surface area contributed by atoms with E-state index in [1.165, 1.54) is 0 Å². The highest BCUT2D eigenvalue weighted by molar-refractivity contribution is 5.80. The highest BCUT2D eigenvalue weighted by Gasteiger charge is 2.28. The number of carbonyl (C=O) groups excluding carboxylic acids is 1. The summed E-state index contributed by atoms with van der Waals surface area (Å²) in [5, 5.41) is 11.2. The topological polar surface area (TPSA) is 92.4 Å². The standard InChI is InChI=1S/C9H16N2O3/c10-7(9(13)14)2-1-5-11-8(12)6-3-4-6/h6-7H,1-5,10H2,(H,11,12)(H,13,14). The molecule has 1 atom stereocenters. The molecule has 0 aliphatic heterocycles. The first-order valence-electron chi connectivity index (χ1n) is 4.87. The van der Waals surface area contributed by atoms with Crippen molar-refractivity contribution in [3.05, 3.63) is 0 Å². The van der Waals surface area contributed by atoms with Gasteiger partial charge in [-0.05, 0) is 25.7 Å². The largest absolute Gasteiger partial charge is 0.480 e. The summed E-state index contributed by atoms with van der Waals surface area (Å²) in [6.07, 6.45) is 2.99. The number of carboxylic acids is 1. The van der Waals surface area contributed by atoms with Crippen molar-refractivity contribution < 1.29 is 14.7 Å². The van der Waals surface area contributed by atoms with E-state index in [0.717, 1.165) is 12.8 Å². The summed E-state index contributed by atoms with van der Waals surface area (Å²) in [6, 6.07) is -0.812. The molecule has 1 fully saturated rings. The molecule has 4 N–H and O–H groups in total. The summed E-state index contributed by atoms with van der Waals surface area (Å²) < 4.78 is 0. The van der Waals surface area contributed by atoms with Crippen LogP contribution in [0.1, 0.15) is 25.7 Å². The molecular formula is C9H16N2O3. The minimum absolute atomic E-state index is 0.0916. The molecule has 1 aliphatic carbocycles. The molecule has 14 heavy (non-hydrogen) atoms. The molecule has 80 valence electrons. The summed E-state index contributed by atoms with van der Waals surface area (Å²) in [5.74, 6) is -0.685. The van der Waals surface area contributed by atoms with Crippen molar-refractivity contribution in [2.45, 2.75) is 31.7 Å². The first kappa shape index (κ1) is 11.0. The van der Waals surface area contributed by atoms with Gasteiger partial charge in [0.05, 0.1) is 0 Å². The van der Waals surface area contributed by atoms with Crippen LogP contribution < -0.4 is 11.1 Å². The molecule has 0 spiro atoms. The maximum absolute atomic E-state index is 11.1. The Hall–Kier alpha value is -1.10. The van der Waals surface area contributed by atoms with Crippen LogP contribution in [0.3, 0.4) is 0 Å². The number of hydrogen-bond donors (Lipinski definition) is 3. The molecule has 0 heterocycles. The van der Waals surface area contributed by atoms with E-state index in [-0.39, 0.29) is 11.8 Å². The van der Waals surface area contributed by atoms with Crippen molar-refractivity contribution in [2.24, 2.45) is 11.7 Å². The van der Waals surface area contributed by atoms with E-state index in [0.29, 0.717) is 19.4 Å². The van der Waals surface area contributed by atoms with Gasteiger partial charge in [0.25, 0.3) is 0 Å². The van der Waals surface area contributed by atoms with Crippen molar-refractivity contribution in [1.82, 2.24) is 5.32 Å². The van der Waals surface area contributed by atoms with Crippen LogP contribution in [0.15, 0.2) is 0 Å². The molecule has 1 aliphatic rings. The fourth-order valence-corrected chi connectivity index (χ4v) is 1.15. The minimum Gasteiger partial charge on any atom is -0.480 e. The van der Waals surface area contributed by atoms with E-state index in [1.54, 1.807) is 0 Å². The van der Waals surface area contributed by atoms with E-state index in [4.69, 9.17) is 10.8 Å². The third-order valence-corrected chi connectivity index (χ3v) is 2.26. The lowest BCUT2D eigenvalue weighted by Gasteiger charge is -2.06. The number of carbonyl (C=O) groups is 2. The Morgan fingerprint density at radius 1 is 1.50 bits per heavy atom. The maximum Gasteiger partial charge on any atom is 0.320 e. The smallest absolute Gasteiger partial charge is 0.320 e. The Bertz CT molecular complexity index is 226. The lowest BCUT2D eigenvalue weighted by molar-refractivity contribution is -0.138. The Morgan fingerprint density at radius 3 is 2.64 bits per heavy atom. The average molecular weight is 200 g/mol. The van der Waals surface area contributed by atoms with Crippen LogP contribution in [0, 0.1) is 5.92 Å². The fourth-order valence-electron chi connectivity index (χ4n) is 1.15. The van der Waals surface area contributed by atoms with Gasteiger partial charge in [-0.15, -0.1) is 0 Å². The number of hydrogen-bond acceptors (Lipinski definition) is 3. The van der Waals surface area contributed by atoms with Crippen LogP contribution in [0.25, 0.3) is 0 Å². The van der Waals surface area contributed by atoms with Crippen molar-refractivity contribution in [2.75, 3.05) is 6.54 Å². The van der Waals surface area contributed by atoms with Gasteiger partial charge in [0.2, 0.25) is 5.91 Å². The summed E-state index contributed by atoms with van der Waals surface area (Å²) in [6.45, 7) is 0.524. The third kappa shape index (κ3) is 3.74. The second kappa shape index (κ2) is 4.95. The summed E-state index contributed by atoms with van der Waals surface area (Å²) in [7, 11) is 0. The number of carboxylic acid groups (broad SMARTS) is 1. The fraction of sp³-hybridized carbons (Fsp3) is 0.778. The monoisotopic (exact) mass is 200 g/mol. The molecule has 1 unspecified atom stereocenters. The molecule has 0 aromatic carbocycles. The van der Waals surface area contributed by atoms with E-state index in [2.05, 4.69) is 5.32 Å². The molecule has 0 saturated heterocycles. The highest BCUT2D eigenvalue weighted by Crippen LogP contribution is 2.28. The number of aliphatic carboxylic acids is 1. The second-order valence-electron chi connectivity index (χ2n) is 3.65. The predicted octanol–water partition coefficient (Wildman–Crippen LogP) is -0.295. The number of nitrogens with two attached hydrogens (primary N) is 1. The van der Waals surface area contributed by atoms with Gasteiger partial charge >= 0.3 is 5.97 Å². The van der Waals surface area contributed by atoms with E-state index >= 15 is 0 Å². The lowest BCUT2D eigenvalue weighted by Crippen LogP contribution is -2.32. The van der Waals surface area contributed by atoms with Crippen molar-refractivity contribution >= 4 is 11.9 Å². The molecule has 5 heteroatoms. The van der Waals surface area contributed by atoms with Crippen LogP contribution in [0.4, 0.5) is 0 Å². The van der Waals surface area contributed by atoms with Crippen LogP contribution in [0.2, 0.25) is 0 Å². The zero-order valence-corrected chi connectivity index (χ0v) is 8.03. The third-order valence-electron chi connectivity index (χ3n) is 2.26. The van der Waals surface area contributed by atoms with Crippen LogP contribution >= 0.6 is 0 Å². The van der Waals surface area contributed by atoms with Gasteiger partial charge in [0.15, 0.2) is 0 Å². The lowest BCUT2D eigenvalue weighted by atomic mass is 10.2. The Morgan fingerprint density at radius 2 is 2.14 bits per heavy atom. The first-order chi connectivity index (χ1) is 6.61. The summed E-state index contributed by atoms with van der Waals surface area (Å²) in [4.78, 5) is 21.5. The molecule has 0 aromatic heterocycles. The van der Waals surface area contributed by atoms with E-state index < -0.39 is 12.0 Å². The Kier molecular flexibility index (Phi) is 3.88. The van der Waals surface area contributed by atoms with Gasteiger partial charge < -0.3 is 16.2 Å². The molecule has 1 rings (SSSR count). The predicted molar refractivity (Wildman–Crippen MR) is 50.6 cm³/mol. The van der Waals surface area contributed by atoms with Crippen LogP contribution in [-0.2, 0) is 9.59 Å².